The van der Waals surface area contributed by atoms with Crippen molar-refractivity contribution in [2.45, 2.75) is 58.0 Å². The maximum atomic E-state index is 10.9. The van der Waals surface area contributed by atoms with Gasteiger partial charge in [0.1, 0.15) is 6.10 Å². The summed E-state index contributed by atoms with van der Waals surface area (Å²) in [5.74, 6) is -0.220. The lowest BCUT2D eigenvalue weighted by molar-refractivity contribution is -0.154. The molecule has 0 radical (unpaired) electrons. The molecule has 1 aliphatic rings. The molecule has 3 heteroatoms. The normalized spacial score (nSPS) is 25.1. The van der Waals surface area contributed by atoms with E-state index >= 15 is 0 Å². The number of aldehydes is 1. The molecule has 3 nitrogen and oxygen atoms in total. The van der Waals surface area contributed by atoms with E-state index in [1.807, 2.05) is 0 Å². The first-order chi connectivity index (χ1) is 7.27. The number of hydrogen-bond donors (Lipinski definition) is 0. The molecule has 86 valence electrons. The van der Waals surface area contributed by atoms with Gasteiger partial charge in [-0.25, -0.2) is 4.79 Å². The predicted octanol–water partition coefficient (Wildman–Crippen LogP) is 2.48. The fourth-order valence-electron chi connectivity index (χ4n) is 2.32. The molecule has 1 rings (SSSR count). The number of ether oxygens (including phenoxy) is 1. The minimum Gasteiger partial charge on any atom is -0.457 e. The van der Waals surface area contributed by atoms with Crippen LogP contribution >= 0.6 is 0 Å². The smallest absolute Gasteiger partial charge is 0.371 e. The zero-order valence-electron chi connectivity index (χ0n) is 9.41. The Morgan fingerprint density at radius 3 is 2.87 bits per heavy atom. The summed E-state index contributed by atoms with van der Waals surface area (Å²) in [6, 6.07) is 0. The van der Waals surface area contributed by atoms with Gasteiger partial charge < -0.3 is 4.74 Å². The Bertz CT molecular complexity index is 213. The number of carbonyl (C=O) groups excluding carboxylic acids is 2. The molecule has 0 saturated heterocycles. The van der Waals surface area contributed by atoms with E-state index in [2.05, 4.69) is 6.92 Å². The van der Waals surface area contributed by atoms with Gasteiger partial charge in [0.25, 0.3) is 0 Å². The molecular weight excluding hydrogens is 192 g/mol. The quantitative estimate of drug-likeness (QED) is 0.294. The number of unbranched alkanes of at least 4 members (excludes halogenated alkanes) is 2. The highest BCUT2D eigenvalue weighted by atomic mass is 16.5. The van der Waals surface area contributed by atoms with Crippen molar-refractivity contribution in [3.63, 3.8) is 0 Å². The number of esters is 1. The van der Waals surface area contributed by atoms with Gasteiger partial charge in [-0.2, -0.15) is 0 Å². The molecule has 0 N–H and O–H groups in total. The summed E-state index contributed by atoms with van der Waals surface area (Å²) in [4.78, 5) is 21.0. The van der Waals surface area contributed by atoms with Gasteiger partial charge in [0, 0.05) is 0 Å². The summed E-state index contributed by atoms with van der Waals surface area (Å²) < 4.78 is 5.10. The topological polar surface area (TPSA) is 43.4 Å². The highest BCUT2D eigenvalue weighted by Gasteiger charge is 2.29. The second-order valence-corrected chi connectivity index (χ2v) is 4.28. The van der Waals surface area contributed by atoms with Crippen LogP contribution in [0.5, 0.6) is 0 Å². The molecule has 0 aromatic heterocycles. The molecule has 0 amide bonds. The standard InChI is InChI=1S/C12H20O3/c1-2-3-4-6-10-7-5-8-11(10)15-12(14)9-13/h9-11H,2-8H2,1H3. The van der Waals surface area contributed by atoms with Crippen molar-refractivity contribution in [1.29, 1.82) is 0 Å². The largest absolute Gasteiger partial charge is 0.457 e. The van der Waals surface area contributed by atoms with Crippen molar-refractivity contribution in [1.82, 2.24) is 0 Å². The summed E-state index contributed by atoms with van der Waals surface area (Å²) in [5.41, 5.74) is 0. The van der Waals surface area contributed by atoms with Gasteiger partial charge in [0.2, 0.25) is 6.29 Å². The van der Waals surface area contributed by atoms with E-state index in [-0.39, 0.29) is 12.4 Å². The lowest BCUT2D eigenvalue weighted by atomic mass is 9.98. The van der Waals surface area contributed by atoms with Gasteiger partial charge in [-0.1, -0.05) is 26.2 Å². The maximum Gasteiger partial charge on any atom is 0.371 e. The second-order valence-electron chi connectivity index (χ2n) is 4.28. The molecule has 0 heterocycles. The second kappa shape index (κ2) is 6.59. The van der Waals surface area contributed by atoms with Crippen molar-refractivity contribution >= 4 is 12.3 Å². The highest BCUT2D eigenvalue weighted by molar-refractivity contribution is 6.20. The minimum atomic E-state index is -0.706. The third-order valence-electron chi connectivity index (χ3n) is 3.13. The molecule has 0 spiro atoms. The Morgan fingerprint density at radius 1 is 1.40 bits per heavy atom. The van der Waals surface area contributed by atoms with Crippen molar-refractivity contribution < 1.29 is 14.3 Å². The van der Waals surface area contributed by atoms with Gasteiger partial charge in [-0.15, -0.1) is 0 Å². The molecular formula is C12H20O3. The van der Waals surface area contributed by atoms with Crippen LogP contribution < -0.4 is 0 Å². The molecule has 2 unspecified atom stereocenters. The van der Waals surface area contributed by atoms with Gasteiger partial charge in [-0.05, 0) is 31.6 Å². The van der Waals surface area contributed by atoms with Crippen LogP contribution in [0.3, 0.4) is 0 Å². The predicted molar refractivity (Wildman–Crippen MR) is 57.4 cm³/mol. The highest BCUT2D eigenvalue weighted by Crippen LogP contribution is 2.32. The first kappa shape index (κ1) is 12.2. The van der Waals surface area contributed by atoms with Crippen molar-refractivity contribution in [2.24, 2.45) is 5.92 Å². The first-order valence-corrected chi connectivity index (χ1v) is 5.93. The van der Waals surface area contributed by atoms with Crippen LogP contribution in [-0.2, 0) is 14.3 Å². The Hall–Kier alpha value is -0.860. The van der Waals surface area contributed by atoms with Gasteiger partial charge in [0.05, 0.1) is 0 Å². The van der Waals surface area contributed by atoms with E-state index < -0.39 is 5.97 Å². The lowest BCUT2D eigenvalue weighted by Crippen LogP contribution is -2.22. The summed E-state index contributed by atoms with van der Waals surface area (Å²) in [5, 5.41) is 0. The Kier molecular flexibility index (Phi) is 5.37. The molecule has 0 aromatic carbocycles. The van der Waals surface area contributed by atoms with E-state index in [9.17, 15) is 9.59 Å². The monoisotopic (exact) mass is 212 g/mol. The van der Waals surface area contributed by atoms with E-state index in [1.54, 1.807) is 0 Å². The molecule has 2 atom stereocenters. The lowest BCUT2D eigenvalue weighted by Gasteiger charge is -2.18. The molecule has 15 heavy (non-hydrogen) atoms. The van der Waals surface area contributed by atoms with E-state index in [0.29, 0.717) is 5.92 Å². The molecule has 1 saturated carbocycles. The Morgan fingerprint density at radius 2 is 2.20 bits per heavy atom. The Labute approximate surface area is 91.2 Å². The number of carbonyl (C=O) groups is 2. The van der Waals surface area contributed by atoms with E-state index in [4.69, 9.17) is 4.74 Å². The Balaban J connectivity index is 2.29. The summed E-state index contributed by atoms with van der Waals surface area (Å²) in [7, 11) is 0. The summed E-state index contributed by atoms with van der Waals surface area (Å²) in [6.07, 6.45) is 8.24. The number of rotatable bonds is 6. The molecule has 1 aliphatic carbocycles. The fraction of sp³-hybridized carbons (Fsp3) is 0.833. The van der Waals surface area contributed by atoms with Crippen LogP contribution in [0.2, 0.25) is 0 Å². The SMILES string of the molecule is CCCCCC1CCCC1OC(=O)C=O. The third kappa shape index (κ3) is 4.02. The zero-order valence-corrected chi connectivity index (χ0v) is 9.41. The van der Waals surface area contributed by atoms with Crippen LogP contribution in [0.15, 0.2) is 0 Å². The van der Waals surface area contributed by atoms with Gasteiger partial charge >= 0.3 is 5.97 Å². The summed E-state index contributed by atoms with van der Waals surface area (Å²) in [6.45, 7) is 2.18. The van der Waals surface area contributed by atoms with Crippen molar-refractivity contribution in [3.8, 4) is 0 Å². The van der Waals surface area contributed by atoms with Crippen LogP contribution in [0.1, 0.15) is 51.9 Å². The molecule has 0 aliphatic heterocycles. The molecule has 0 bridgehead atoms. The average Bonchev–Trinajstić information content (AvgIpc) is 2.66. The third-order valence-corrected chi connectivity index (χ3v) is 3.13. The minimum absolute atomic E-state index is 0.000411. The van der Waals surface area contributed by atoms with Crippen LogP contribution in [0.25, 0.3) is 0 Å². The fourth-order valence-corrected chi connectivity index (χ4v) is 2.32. The molecule has 0 aromatic rings. The van der Waals surface area contributed by atoms with Crippen molar-refractivity contribution in [3.05, 3.63) is 0 Å². The number of hydrogen-bond acceptors (Lipinski definition) is 3. The zero-order chi connectivity index (χ0) is 11.1. The maximum absolute atomic E-state index is 10.9. The van der Waals surface area contributed by atoms with E-state index in [1.165, 1.54) is 19.3 Å². The first-order valence-electron chi connectivity index (χ1n) is 5.93. The van der Waals surface area contributed by atoms with Crippen LogP contribution in [-0.4, -0.2) is 18.4 Å². The van der Waals surface area contributed by atoms with Gasteiger partial charge in [0.15, 0.2) is 0 Å². The van der Waals surface area contributed by atoms with Crippen LogP contribution in [0, 0.1) is 5.92 Å². The molecule has 1 fully saturated rings. The average molecular weight is 212 g/mol. The van der Waals surface area contributed by atoms with Gasteiger partial charge in [-0.3, -0.25) is 4.79 Å². The van der Waals surface area contributed by atoms with E-state index in [0.717, 1.165) is 25.7 Å². The summed E-state index contributed by atoms with van der Waals surface area (Å²) >= 11 is 0. The van der Waals surface area contributed by atoms with Crippen molar-refractivity contribution in [2.75, 3.05) is 0 Å². The van der Waals surface area contributed by atoms with Crippen LogP contribution in [0.4, 0.5) is 0 Å².